The lowest BCUT2D eigenvalue weighted by Gasteiger charge is -2.13. The van der Waals surface area contributed by atoms with E-state index < -0.39 is 5.97 Å². The minimum atomic E-state index is -0.801. The van der Waals surface area contributed by atoms with E-state index in [1.165, 1.54) is 6.92 Å². The molecule has 1 fully saturated rings. The van der Waals surface area contributed by atoms with Crippen LogP contribution in [-0.4, -0.2) is 42.1 Å². The molecule has 0 aliphatic heterocycles. The van der Waals surface area contributed by atoms with Gasteiger partial charge in [0.25, 0.3) is 0 Å². The van der Waals surface area contributed by atoms with Crippen LogP contribution >= 0.6 is 0 Å². The molecule has 0 spiro atoms. The van der Waals surface area contributed by atoms with Gasteiger partial charge in [0.15, 0.2) is 0 Å². The van der Waals surface area contributed by atoms with E-state index in [0.717, 1.165) is 0 Å². The van der Waals surface area contributed by atoms with Gasteiger partial charge in [0.2, 0.25) is 5.91 Å². The van der Waals surface area contributed by atoms with Crippen LogP contribution in [0.15, 0.2) is 0 Å². The van der Waals surface area contributed by atoms with Crippen LogP contribution in [0.1, 0.15) is 26.2 Å². The summed E-state index contributed by atoms with van der Waals surface area (Å²) in [5, 5.41) is 16.7. The molecule has 0 aromatic carbocycles. The molecule has 7 heteroatoms. The molecule has 4 N–H and O–H groups in total. The van der Waals surface area contributed by atoms with Crippen LogP contribution in [-0.2, 0) is 9.59 Å². The molecule has 102 valence electrons. The number of urea groups is 1. The maximum Gasteiger partial charge on any atom is 0.315 e. The van der Waals surface area contributed by atoms with Crippen molar-refractivity contribution in [3.05, 3.63) is 0 Å². The molecule has 0 aromatic rings. The first-order chi connectivity index (χ1) is 8.49. The molecule has 1 rings (SSSR count). The van der Waals surface area contributed by atoms with E-state index in [2.05, 4.69) is 16.0 Å². The lowest BCUT2D eigenvalue weighted by molar-refractivity contribution is -0.141. The molecule has 2 unspecified atom stereocenters. The van der Waals surface area contributed by atoms with Gasteiger partial charge in [0.05, 0.1) is 5.92 Å². The van der Waals surface area contributed by atoms with Crippen molar-refractivity contribution in [3.63, 3.8) is 0 Å². The standard InChI is InChI=1S/C11H19N3O4/c1-7(15)12-4-5-13-11(18)14-9-3-2-8(6-9)10(16)17/h8-9H,2-6H2,1H3,(H,12,15)(H,16,17)(H2,13,14,18). The van der Waals surface area contributed by atoms with Crippen molar-refractivity contribution in [2.24, 2.45) is 5.92 Å². The average molecular weight is 257 g/mol. The summed E-state index contributed by atoms with van der Waals surface area (Å²) in [6, 6.07) is -0.400. The molecular weight excluding hydrogens is 238 g/mol. The molecule has 0 saturated heterocycles. The second-order valence-electron chi connectivity index (χ2n) is 4.43. The lowest BCUT2D eigenvalue weighted by Crippen LogP contribution is -2.43. The Kier molecular flexibility index (Phi) is 5.41. The van der Waals surface area contributed by atoms with Crippen LogP contribution in [0.5, 0.6) is 0 Å². The van der Waals surface area contributed by atoms with Gasteiger partial charge >= 0.3 is 12.0 Å². The van der Waals surface area contributed by atoms with Crippen LogP contribution in [0.3, 0.4) is 0 Å². The van der Waals surface area contributed by atoms with Gasteiger partial charge in [-0.05, 0) is 19.3 Å². The monoisotopic (exact) mass is 257 g/mol. The van der Waals surface area contributed by atoms with Gasteiger partial charge in [-0.3, -0.25) is 9.59 Å². The second-order valence-corrected chi connectivity index (χ2v) is 4.43. The summed E-state index contributed by atoms with van der Waals surface area (Å²) in [4.78, 5) is 32.7. The molecule has 1 saturated carbocycles. The first-order valence-electron chi connectivity index (χ1n) is 6.00. The zero-order valence-electron chi connectivity index (χ0n) is 10.4. The Morgan fingerprint density at radius 3 is 2.39 bits per heavy atom. The molecule has 18 heavy (non-hydrogen) atoms. The second kappa shape index (κ2) is 6.83. The third-order valence-electron chi connectivity index (χ3n) is 2.90. The Bertz CT molecular complexity index is 332. The van der Waals surface area contributed by atoms with Gasteiger partial charge in [0.1, 0.15) is 0 Å². The van der Waals surface area contributed by atoms with Crippen LogP contribution in [0.25, 0.3) is 0 Å². The fourth-order valence-corrected chi connectivity index (χ4v) is 1.99. The number of aliphatic carboxylic acids is 1. The van der Waals surface area contributed by atoms with Crippen LogP contribution in [0.2, 0.25) is 0 Å². The largest absolute Gasteiger partial charge is 0.481 e. The van der Waals surface area contributed by atoms with Crippen molar-refractivity contribution in [2.75, 3.05) is 13.1 Å². The topological polar surface area (TPSA) is 108 Å². The van der Waals surface area contributed by atoms with E-state index >= 15 is 0 Å². The molecule has 2 atom stereocenters. The summed E-state index contributed by atoms with van der Waals surface area (Å²) in [5.74, 6) is -1.29. The summed E-state index contributed by atoms with van der Waals surface area (Å²) >= 11 is 0. The SMILES string of the molecule is CC(=O)NCCNC(=O)NC1CCC(C(=O)O)C1. The van der Waals surface area contributed by atoms with Crippen molar-refractivity contribution in [2.45, 2.75) is 32.2 Å². The zero-order chi connectivity index (χ0) is 13.5. The zero-order valence-corrected chi connectivity index (χ0v) is 10.4. The Hall–Kier alpha value is -1.79. The highest BCUT2D eigenvalue weighted by molar-refractivity contribution is 5.75. The summed E-state index contributed by atoms with van der Waals surface area (Å²) < 4.78 is 0. The fourth-order valence-electron chi connectivity index (χ4n) is 1.99. The van der Waals surface area contributed by atoms with Gasteiger partial charge in [0, 0.05) is 26.1 Å². The number of carbonyl (C=O) groups excluding carboxylic acids is 2. The molecule has 1 aliphatic rings. The summed E-state index contributed by atoms with van der Waals surface area (Å²) in [7, 11) is 0. The Balaban J connectivity index is 2.13. The number of amides is 3. The van der Waals surface area contributed by atoms with Crippen LogP contribution in [0, 0.1) is 5.92 Å². The van der Waals surface area contributed by atoms with Crippen molar-refractivity contribution in [1.82, 2.24) is 16.0 Å². The average Bonchev–Trinajstić information content (AvgIpc) is 2.72. The highest BCUT2D eigenvalue weighted by Gasteiger charge is 2.30. The van der Waals surface area contributed by atoms with Crippen molar-refractivity contribution in [3.8, 4) is 0 Å². The molecule has 1 aliphatic carbocycles. The molecule has 3 amide bonds. The van der Waals surface area contributed by atoms with Crippen molar-refractivity contribution < 1.29 is 19.5 Å². The van der Waals surface area contributed by atoms with Gasteiger partial charge in [-0.25, -0.2) is 4.79 Å². The molecule has 0 heterocycles. The molecule has 0 aromatic heterocycles. The third-order valence-corrected chi connectivity index (χ3v) is 2.90. The summed E-state index contributed by atoms with van der Waals surface area (Å²) in [5.41, 5.74) is 0. The van der Waals surface area contributed by atoms with Gasteiger partial charge in [-0.2, -0.15) is 0 Å². The van der Waals surface area contributed by atoms with E-state index in [-0.39, 0.29) is 23.9 Å². The van der Waals surface area contributed by atoms with Crippen LogP contribution < -0.4 is 16.0 Å². The number of rotatable bonds is 5. The van der Waals surface area contributed by atoms with Gasteiger partial charge in [-0.1, -0.05) is 0 Å². The quantitative estimate of drug-likeness (QED) is 0.506. The normalized spacial score (nSPS) is 22.3. The van der Waals surface area contributed by atoms with E-state index in [0.29, 0.717) is 32.4 Å². The first kappa shape index (κ1) is 14.3. The number of carboxylic acids is 1. The molecule has 0 radical (unpaired) electrons. The maximum absolute atomic E-state index is 11.4. The van der Waals surface area contributed by atoms with E-state index in [4.69, 9.17) is 5.11 Å². The third kappa shape index (κ3) is 5.03. The number of carboxylic acid groups (broad SMARTS) is 1. The minimum absolute atomic E-state index is 0.0770. The number of nitrogens with one attached hydrogen (secondary N) is 3. The molecule has 7 nitrogen and oxygen atoms in total. The predicted octanol–water partition coefficient (Wildman–Crippen LogP) is -0.325. The summed E-state index contributed by atoms with van der Waals surface area (Å²) in [6.45, 7) is 2.14. The van der Waals surface area contributed by atoms with Crippen LogP contribution in [0.4, 0.5) is 4.79 Å². The van der Waals surface area contributed by atoms with Gasteiger partial charge < -0.3 is 21.1 Å². The minimum Gasteiger partial charge on any atom is -0.481 e. The van der Waals surface area contributed by atoms with Crippen molar-refractivity contribution >= 4 is 17.9 Å². The fraction of sp³-hybridized carbons (Fsp3) is 0.727. The van der Waals surface area contributed by atoms with Gasteiger partial charge in [-0.15, -0.1) is 0 Å². The lowest BCUT2D eigenvalue weighted by atomic mass is 10.1. The van der Waals surface area contributed by atoms with E-state index in [9.17, 15) is 14.4 Å². The molecular formula is C11H19N3O4. The Morgan fingerprint density at radius 1 is 1.17 bits per heavy atom. The van der Waals surface area contributed by atoms with Crippen molar-refractivity contribution in [1.29, 1.82) is 0 Å². The molecule has 0 bridgehead atoms. The first-order valence-corrected chi connectivity index (χ1v) is 6.00. The smallest absolute Gasteiger partial charge is 0.315 e. The number of hydrogen-bond donors (Lipinski definition) is 4. The maximum atomic E-state index is 11.4. The number of hydrogen-bond acceptors (Lipinski definition) is 3. The highest BCUT2D eigenvalue weighted by atomic mass is 16.4. The van der Waals surface area contributed by atoms with E-state index in [1.54, 1.807) is 0 Å². The Morgan fingerprint density at radius 2 is 1.83 bits per heavy atom. The van der Waals surface area contributed by atoms with E-state index in [1.807, 2.05) is 0 Å². The predicted molar refractivity (Wildman–Crippen MR) is 64.0 cm³/mol. The Labute approximate surface area is 105 Å². The summed E-state index contributed by atoms with van der Waals surface area (Å²) in [6.07, 6.45) is 1.77. The number of carbonyl (C=O) groups is 3. The highest BCUT2D eigenvalue weighted by Crippen LogP contribution is 2.25.